The molecule has 32 heavy (non-hydrogen) atoms. The van der Waals surface area contributed by atoms with E-state index in [1.54, 1.807) is 13.8 Å². The molecule has 2 atom stereocenters. The van der Waals surface area contributed by atoms with E-state index in [0.29, 0.717) is 19.5 Å². The van der Waals surface area contributed by atoms with Crippen molar-refractivity contribution < 1.29 is 17.9 Å². The van der Waals surface area contributed by atoms with Gasteiger partial charge in [-0.3, -0.25) is 4.79 Å². The first-order valence-corrected chi connectivity index (χ1v) is 13.7. The fourth-order valence-electron chi connectivity index (χ4n) is 4.91. The number of carbonyl (C=O) groups excluding carboxylic acids is 1. The van der Waals surface area contributed by atoms with Gasteiger partial charge in [-0.2, -0.15) is 0 Å². The lowest BCUT2D eigenvalue weighted by atomic mass is 9.96. The molecule has 1 amide bonds. The van der Waals surface area contributed by atoms with Gasteiger partial charge in [0.2, 0.25) is 5.91 Å². The van der Waals surface area contributed by atoms with Crippen LogP contribution in [0.3, 0.4) is 0 Å². The van der Waals surface area contributed by atoms with Gasteiger partial charge in [0.1, 0.15) is 0 Å². The molecular weight excluding hydrogens is 424 g/mol. The standard InChI is InChI=1S/C25H40N2O4S/c1-17(2)32(29,30)16-22-7-9-26(10-8-22)25(28)13-23-11-19(4)24(12-18(23)3)27-14-20(5)31-21(6)15-27/h11-12,17,20-22H,7-10,13-16H2,1-6H3/t20-,21+. The number of benzene rings is 1. The van der Waals surface area contributed by atoms with Gasteiger partial charge in [0, 0.05) is 31.9 Å². The van der Waals surface area contributed by atoms with E-state index in [1.165, 1.54) is 11.3 Å². The third-order valence-corrected chi connectivity index (χ3v) is 9.28. The maximum Gasteiger partial charge on any atom is 0.226 e. The Morgan fingerprint density at radius 2 is 1.66 bits per heavy atom. The maximum atomic E-state index is 13.0. The summed E-state index contributed by atoms with van der Waals surface area (Å²) in [6, 6.07) is 4.38. The molecule has 3 rings (SSSR count). The minimum Gasteiger partial charge on any atom is -0.372 e. The lowest BCUT2D eigenvalue weighted by molar-refractivity contribution is -0.131. The van der Waals surface area contributed by atoms with Gasteiger partial charge in [0.25, 0.3) is 0 Å². The second-order valence-electron chi connectivity index (χ2n) is 10.1. The molecule has 0 bridgehead atoms. The molecule has 7 heteroatoms. The molecule has 0 unspecified atom stereocenters. The zero-order valence-electron chi connectivity index (χ0n) is 20.6. The number of hydrogen-bond donors (Lipinski definition) is 0. The normalized spacial score (nSPS) is 23.1. The summed E-state index contributed by atoms with van der Waals surface area (Å²) in [5, 5.41) is -0.333. The molecule has 6 nitrogen and oxygen atoms in total. The second kappa shape index (κ2) is 10.1. The highest BCUT2D eigenvalue weighted by atomic mass is 32.2. The molecule has 2 heterocycles. The van der Waals surface area contributed by atoms with Gasteiger partial charge < -0.3 is 14.5 Å². The molecule has 1 aromatic rings. The fraction of sp³-hybridized carbons (Fsp3) is 0.720. The van der Waals surface area contributed by atoms with Crippen LogP contribution < -0.4 is 4.90 Å². The van der Waals surface area contributed by atoms with Gasteiger partial charge in [-0.25, -0.2) is 8.42 Å². The maximum absolute atomic E-state index is 13.0. The highest BCUT2D eigenvalue weighted by Gasteiger charge is 2.28. The summed E-state index contributed by atoms with van der Waals surface area (Å²) in [5.74, 6) is 0.540. The number of piperidine rings is 1. The van der Waals surface area contributed by atoms with Gasteiger partial charge >= 0.3 is 0 Å². The largest absolute Gasteiger partial charge is 0.372 e. The van der Waals surface area contributed by atoms with Crippen LogP contribution >= 0.6 is 0 Å². The number of amides is 1. The fourth-order valence-corrected chi connectivity index (χ4v) is 6.29. The highest BCUT2D eigenvalue weighted by Crippen LogP contribution is 2.28. The zero-order chi connectivity index (χ0) is 23.6. The van der Waals surface area contributed by atoms with Gasteiger partial charge in [0.05, 0.1) is 29.6 Å². The Hall–Kier alpha value is -1.60. The van der Waals surface area contributed by atoms with E-state index in [-0.39, 0.29) is 35.0 Å². The molecule has 0 N–H and O–H groups in total. The Morgan fingerprint density at radius 3 is 2.22 bits per heavy atom. The summed E-state index contributed by atoms with van der Waals surface area (Å²) in [6.45, 7) is 15.0. The number of anilines is 1. The minimum absolute atomic E-state index is 0.138. The number of carbonyl (C=O) groups is 1. The molecule has 2 aliphatic rings. The number of morpholine rings is 1. The molecule has 0 radical (unpaired) electrons. The van der Waals surface area contributed by atoms with Crippen molar-refractivity contribution in [3.8, 4) is 0 Å². The van der Waals surface area contributed by atoms with Crippen LogP contribution in [-0.4, -0.2) is 68.6 Å². The number of likely N-dealkylation sites (tertiary alicyclic amines) is 1. The average molecular weight is 465 g/mol. The molecule has 0 spiro atoms. The smallest absolute Gasteiger partial charge is 0.226 e. The molecule has 0 saturated carbocycles. The Bertz CT molecular complexity index is 910. The van der Waals surface area contributed by atoms with E-state index in [1.807, 2.05) is 4.90 Å². The highest BCUT2D eigenvalue weighted by molar-refractivity contribution is 7.91. The van der Waals surface area contributed by atoms with Crippen LogP contribution in [0.4, 0.5) is 5.69 Å². The molecule has 0 aromatic heterocycles. The third-order valence-electron chi connectivity index (χ3n) is 6.91. The van der Waals surface area contributed by atoms with Crippen molar-refractivity contribution in [2.75, 3.05) is 36.8 Å². The van der Waals surface area contributed by atoms with Crippen molar-refractivity contribution in [2.45, 2.75) is 78.3 Å². The quantitative estimate of drug-likeness (QED) is 0.644. The lowest BCUT2D eigenvalue weighted by Gasteiger charge is -2.38. The van der Waals surface area contributed by atoms with Crippen LogP contribution in [0.25, 0.3) is 0 Å². The Balaban J connectivity index is 1.60. The number of hydrogen-bond acceptors (Lipinski definition) is 5. The van der Waals surface area contributed by atoms with Crippen molar-refractivity contribution >= 4 is 21.4 Å². The molecule has 2 fully saturated rings. The summed E-state index contributed by atoms with van der Waals surface area (Å²) in [6.07, 6.45) is 2.35. The average Bonchev–Trinajstić information content (AvgIpc) is 2.69. The number of sulfone groups is 1. The summed E-state index contributed by atoms with van der Waals surface area (Å²) in [5.41, 5.74) is 4.64. The van der Waals surface area contributed by atoms with Crippen molar-refractivity contribution in [1.29, 1.82) is 0 Å². The van der Waals surface area contributed by atoms with Gasteiger partial charge in [0.15, 0.2) is 9.84 Å². The van der Waals surface area contributed by atoms with Crippen molar-refractivity contribution in [2.24, 2.45) is 5.92 Å². The first-order valence-electron chi connectivity index (χ1n) is 12.0. The Labute approximate surface area is 194 Å². The summed E-state index contributed by atoms with van der Waals surface area (Å²) in [4.78, 5) is 17.3. The summed E-state index contributed by atoms with van der Waals surface area (Å²) < 4.78 is 30.3. The number of nitrogens with zero attached hydrogens (tertiary/aromatic N) is 2. The minimum atomic E-state index is -3.03. The van der Waals surface area contributed by atoms with Crippen LogP contribution in [0.1, 0.15) is 57.2 Å². The van der Waals surface area contributed by atoms with E-state index >= 15 is 0 Å². The molecule has 2 aliphatic heterocycles. The molecule has 1 aromatic carbocycles. The predicted molar refractivity (Wildman–Crippen MR) is 130 cm³/mol. The SMILES string of the molecule is Cc1cc(N2C[C@@H](C)O[C@@H](C)C2)c(C)cc1CC(=O)N1CCC(CS(=O)(=O)C(C)C)CC1. The van der Waals surface area contributed by atoms with E-state index in [4.69, 9.17) is 4.74 Å². The molecule has 0 aliphatic carbocycles. The summed E-state index contributed by atoms with van der Waals surface area (Å²) >= 11 is 0. The van der Waals surface area contributed by atoms with E-state index in [0.717, 1.165) is 37.1 Å². The van der Waals surface area contributed by atoms with Crippen molar-refractivity contribution in [3.63, 3.8) is 0 Å². The topological polar surface area (TPSA) is 66.9 Å². The molecule has 180 valence electrons. The number of aryl methyl sites for hydroxylation is 2. The number of ether oxygens (including phenoxy) is 1. The van der Waals surface area contributed by atoms with Crippen LogP contribution in [-0.2, 0) is 25.8 Å². The predicted octanol–water partition coefficient (Wildman–Crippen LogP) is 3.52. The van der Waals surface area contributed by atoms with E-state index in [9.17, 15) is 13.2 Å². The van der Waals surface area contributed by atoms with Gasteiger partial charge in [-0.15, -0.1) is 0 Å². The molecular formula is C25H40N2O4S. The Kier molecular flexibility index (Phi) is 7.92. The van der Waals surface area contributed by atoms with Gasteiger partial charge in [-0.1, -0.05) is 6.07 Å². The van der Waals surface area contributed by atoms with E-state index < -0.39 is 9.84 Å². The van der Waals surface area contributed by atoms with Crippen LogP contribution in [0, 0.1) is 19.8 Å². The molecule has 2 saturated heterocycles. The van der Waals surface area contributed by atoms with Gasteiger partial charge in [-0.05, 0) is 83.1 Å². The first kappa shape index (κ1) is 25.0. The van der Waals surface area contributed by atoms with Crippen molar-refractivity contribution in [3.05, 3.63) is 28.8 Å². The lowest BCUT2D eigenvalue weighted by Crippen LogP contribution is -2.45. The summed E-state index contributed by atoms with van der Waals surface area (Å²) in [7, 11) is -3.03. The number of rotatable bonds is 6. The van der Waals surface area contributed by atoms with Crippen LogP contribution in [0.5, 0.6) is 0 Å². The monoisotopic (exact) mass is 464 g/mol. The zero-order valence-corrected chi connectivity index (χ0v) is 21.4. The third kappa shape index (κ3) is 6.04. The second-order valence-corrected chi connectivity index (χ2v) is 12.7. The van der Waals surface area contributed by atoms with Crippen LogP contribution in [0.2, 0.25) is 0 Å². The van der Waals surface area contributed by atoms with E-state index in [2.05, 4.69) is 44.7 Å². The Morgan fingerprint density at radius 1 is 1.06 bits per heavy atom. The first-order chi connectivity index (χ1) is 15.0. The van der Waals surface area contributed by atoms with Crippen molar-refractivity contribution in [1.82, 2.24) is 4.90 Å². The van der Waals surface area contributed by atoms with Crippen LogP contribution in [0.15, 0.2) is 12.1 Å².